The Kier molecular flexibility index (Phi) is 4.15. The number of amides is 1. The van der Waals surface area contributed by atoms with E-state index in [0.717, 1.165) is 37.2 Å². The largest absolute Gasteiger partial charge is 0.496 e. The van der Waals surface area contributed by atoms with E-state index in [1.54, 1.807) is 7.11 Å². The van der Waals surface area contributed by atoms with Gasteiger partial charge in [-0.2, -0.15) is 0 Å². The van der Waals surface area contributed by atoms with Crippen LogP contribution >= 0.6 is 0 Å². The molecule has 0 unspecified atom stereocenters. The van der Waals surface area contributed by atoms with Crippen molar-refractivity contribution < 1.29 is 14.6 Å². The fourth-order valence-corrected chi connectivity index (χ4v) is 3.75. The van der Waals surface area contributed by atoms with Gasteiger partial charge >= 0.3 is 0 Å². The molecule has 0 radical (unpaired) electrons. The van der Waals surface area contributed by atoms with Gasteiger partial charge in [0.15, 0.2) is 0 Å². The fourth-order valence-electron chi connectivity index (χ4n) is 3.75. The van der Waals surface area contributed by atoms with E-state index in [0.29, 0.717) is 24.7 Å². The average Bonchev–Trinajstić information content (AvgIpc) is 3.07. The Balaban J connectivity index is 1.55. The van der Waals surface area contributed by atoms with Crippen molar-refractivity contribution in [2.75, 3.05) is 20.2 Å². The summed E-state index contributed by atoms with van der Waals surface area (Å²) in [5.41, 5.74) is 1.08. The van der Waals surface area contributed by atoms with E-state index in [1.165, 1.54) is 0 Å². The van der Waals surface area contributed by atoms with Crippen LogP contribution in [0.15, 0.2) is 24.3 Å². The third-order valence-electron chi connectivity index (χ3n) is 4.97. The molecule has 1 amide bonds. The van der Waals surface area contributed by atoms with Gasteiger partial charge in [0.25, 0.3) is 0 Å². The number of benzene rings is 1. The molecule has 1 aliphatic carbocycles. The van der Waals surface area contributed by atoms with E-state index < -0.39 is 0 Å². The molecule has 4 nitrogen and oxygen atoms in total. The van der Waals surface area contributed by atoms with Crippen LogP contribution in [-0.4, -0.2) is 42.2 Å². The second-order valence-corrected chi connectivity index (χ2v) is 6.18. The number of aliphatic hydroxyl groups excluding tert-OH is 1. The van der Waals surface area contributed by atoms with Crippen molar-refractivity contribution >= 4 is 5.91 Å². The molecular weight excluding hydrogens is 266 g/mol. The van der Waals surface area contributed by atoms with Gasteiger partial charge in [0.1, 0.15) is 5.75 Å². The highest BCUT2D eigenvalue weighted by Crippen LogP contribution is 2.38. The SMILES string of the molecule is COc1ccccc1CCC(=O)N1C[C@H]2CC[C@@H](O)[C@H]2C1. The summed E-state index contributed by atoms with van der Waals surface area (Å²) >= 11 is 0. The minimum absolute atomic E-state index is 0.197. The van der Waals surface area contributed by atoms with Crippen LogP contribution in [0, 0.1) is 11.8 Å². The van der Waals surface area contributed by atoms with Crippen LogP contribution in [0.25, 0.3) is 0 Å². The molecular formula is C17H23NO3. The van der Waals surface area contributed by atoms with Crippen LogP contribution in [-0.2, 0) is 11.2 Å². The zero-order valence-electron chi connectivity index (χ0n) is 12.5. The number of ether oxygens (including phenoxy) is 1. The lowest BCUT2D eigenvalue weighted by Crippen LogP contribution is -2.31. The van der Waals surface area contributed by atoms with Gasteiger partial charge in [-0.05, 0) is 36.8 Å². The van der Waals surface area contributed by atoms with Gasteiger partial charge in [0.05, 0.1) is 13.2 Å². The second-order valence-electron chi connectivity index (χ2n) is 6.18. The first-order valence-electron chi connectivity index (χ1n) is 7.76. The molecule has 1 saturated carbocycles. The van der Waals surface area contributed by atoms with Crippen molar-refractivity contribution in [3.8, 4) is 5.75 Å². The third-order valence-corrected chi connectivity index (χ3v) is 4.97. The smallest absolute Gasteiger partial charge is 0.222 e. The first kappa shape index (κ1) is 14.4. The number of nitrogens with zero attached hydrogens (tertiary/aromatic N) is 1. The van der Waals surface area contributed by atoms with Gasteiger partial charge in [0.2, 0.25) is 5.91 Å². The minimum atomic E-state index is -0.206. The maximum Gasteiger partial charge on any atom is 0.222 e. The molecule has 1 saturated heterocycles. The monoisotopic (exact) mass is 289 g/mol. The predicted molar refractivity (Wildman–Crippen MR) is 80.1 cm³/mol. The van der Waals surface area contributed by atoms with Crippen LogP contribution in [0.5, 0.6) is 5.75 Å². The number of rotatable bonds is 4. The maximum absolute atomic E-state index is 12.4. The molecule has 1 aromatic carbocycles. The summed E-state index contributed by atoms with van der Waals surface area (Å²) in [6.45, 7) is 1.56. The molecule has 0 spiro atoms. The highest BCUT2D eigenvalue weighted by molar-refractivity contribution is 5.77. The maximum atomic E-state index is 12.4. The Labute approximate surface area is 125 Å². The Morgan fingerprint density at radius 3 is 2.90 bits per heavy atom. The van der Waals surface area contributed by atoms with Gasteiger partial charge in [-0.1, -0.05) is 18.2 Å². The van der Waals surface area contributed by atoms with Crippen molar-refractivity contribution in [1.82, 2.24) is 4.90 Å². The fraction of sp³-hybridized carbons (Fsp3) is 0.588. The average molecular weight is 289 g/mol. The molecule has 3 atom stereocenters. The highest BCUT2D eigenvalue weighted by Gasteiger charge is 2.42. The zero-order valence-corrected chi connectivity index (χ0v) is 12.5. The van der Waals surface area contributed by atoms with Crippen LogP contribution in [0.3, 0.4) is 0 Å². The number of likely N-dealkylation sites (tertiary alicyclic amines) is 1. The summed E-state index contributed by atoms with van der Waals surface area (Å²) in [6, 6.07) is 7.84. The summed E-state index contributed by atoms with van der Waals surface area (Å²) in [4.78, 5) is 14.3. The van der Waals surface area contributed by atoms with E-state index in [2.05, 4.69) is 0 Å². The lowest BCUT2D eigenvalue weighted by molar-refractivity contribution is -0.130. The van der Waals surface area contributed by atoms with Gasteiger partial charge in [-0.3, -0.25) is 4.79 Å². The molecule has 1 heterocycles. The summed E-state index contributed by atoms with van der Waals surface area (Å²) in [5.74, 6) is 1.86. The molecule has 114 valence electrons. The van der Waals surface area contributed by atoms with Crippen molar-refractivity contribution in [2.24, 2.45) is 11.8 Å². The number of aliphatic hydroxyl groups is 1. The Hall–Kier alpha value is -1.55. The van der Waals surface area contributed by atoms with Crippen molar-refractivity contribution in [2.45, 2.75) is 31.8 Å². The van der Waals surface area contributed by atoms with E-state index >= 15 is 0 Å². The number of fused-ring (bicyclic) bond motifs is 1. The van der Waals surface area contributed by atoms with E-state index in [9.17, 15) is 9.90 Å². The van der Waals surface area contributed by atoms with Gasteiger partial charge in [-0.25, -0.2) is 0 Å². The van der Waals surface area contributed by atoms with E-state index in [-0.39, 0.29) is 12.0 Å². The molecule has 0 bridgehead atoms. The predicted octanol–water partition coefficient (Wildman–Crippen LogP) is 1.86. The molecule has 1 aromatic rings. The van der Waals surface area contributed by atoms with E-state index in [1.807, 2.05) is 29.2 Å². The quantitative estimate of drug-likeness (QED) is 0.920. The van der Waals surface area contributed by atoms with Crippen LogP contribution < -0.4 is 4.74 Å². The summed E-state index contributed by atoms with van der Waals surface area (Å²) < 4.78 is 5.32. The molecule has 2 aliphatic rings. The Bertz CT molecular complexity index is 517. The van der Waals surface area contributed by atoms with Crippen LogP contribution in [0.4, 0.5) is 0 Å². The van der Waals surface area contributed by atoms with Gasteiger partial charge < -0.3 is 14.7 Å². The normalized spacial score (nSPS) is 27.7. The number of para-hydroxylation sites is 1. The minimum Gasteiger partial charge on any atom is -0.496 e. The zero-order chi connectivity index (χ0) is 14.8. The number of carbonyl (C=O) groups excluding carboxylic acids is 1. The summed E-state index contributed by atoms with van der Waals surface area (Å²) in [6.07, 6.45) is 2.97. The molecule has 4 heteroatoms. The number of aryl methyl sites for hydroxylation is 1. The molecule has 21 heavy (non-hydrogen) atoms. The van der Waals surface area contributed by atoms with Crippen LogP contribution in [0.1, 0.15) is 24.8 Å². The summed E-state index contributed by atoms with van der Waals surface area (Å²) in [5, 5.41) is 9.92. The van der Waals surface area contributed by atoms with Crippen molar-refractivity contribution in [1.29, 1.82) is 0 Å². The van der Waals surface area contributed by atoms with Gasteiger partial charge in [-0.15, -0.1) is 0 Å². The number of carbonyl (C=O) groups is 1. The standard InChI is InChI=1S/C17H23NO3/c1-21-16-5-3-2-4-12(16)7-9-17(20)18-10-13-6-8-15(19)14(13)11-18/h2-5,13-15,19H,6-11H2,1H3/t13-,14+,15-/m1/s1. The second kappa shape index (κ2) is 6.06. The molecule has 1 N–H and O–H groups in total. The first-order valence-corrected chi connectivity index (χ1v) is 7.76. The molecule has 0 aromatic heterocycles. The van der Waals surface area contributed by atoms with Crippen molar-refractivity contribution in [3.05, 3.63) is 29.8 Å². The number of hydrogen-bond donors (Lipinski definition) is 1. The van der Waals surface area contributed by atoms with Crippen LogP contribution in [0.2, 0.25) is 0 Å². The number of methoxy groups -OCH3 is 1. The molecule has 3 rings (SSSR count). The molecule has 2 fully saturated rings. The lowest BCUT2D eigenvalue weighted by Gasteiger charge is -2.18. The Morgan fingerprint density at radius 2 is 2.14 bits per heavy atom. The van der Waals surface area contributed by atoms with E-state index in [4.69, 9.17) is 4.74 Å². The van der Waals surface area contributed by atoms with Gasteiger partial charge in [0, 0.05) is 25.4 Å². The molecule has 1 aliphatic heterocycles. The lowest BCUT2D eigenvalue weighted by atomic mass is 10.00. The third kappa shape index (κ3) is 2.91. The number of hydrogen-bond acceptors (Lipinski definition) is 3. The summed E-state index contributed by atoms with van der Waals surface area (Å²) in [7, 11) is 1.66. The highest BCUT2D eigenvalue weighted by atomic mass is 16.5. The van der Waals surface area contributed by atoms with Crippen molar-refractivity contribution in [3.63, 3.8) is 0 Å². The Morgan fingerprint density at radius 1 is 1.33 bits per heavy atom. The topological polar surface area (TPSA) is 49.8 Å². The first-order chi connectivity index (χ1) is 10.2.